The Labute approximate surface area is 100 Å². The number of nitrogens with one attached hydrogen (secondary N) is 1. The van der Waals surface area contributed by atoms with Crippen molar-refractivity contribution >= 4 is 28.2 Å². The Hall–Kier alpha value is -1.46. The summed E-state index contributed by atoms with van der Waals surface area (Å²) < 4.78 is 0. The van der Waals surface area contributed by atoms with E-state index in [4.69, 9.17) is 18.2 Å². The van der Waals surface area contributed by atoms with Gasteiger partial charge in [-0.25, -0.2) is 4.85 Å². The second kappa shape index (κ2) is 5.05. The Bertz CT molecular complexity index is 522. The average molecular weight is 233 g/mol. The largest absolute Gasteiger partial charge is 0.361 e. The van der Waals surface area contributed by atoms with Crippen molar-refractivity contribution in [3.63, 3.8) is 0 Å². The number of rotatable bonds is 4. The fourth-order valence-electron chi connectivity index (χ4n) is 1.85. The number of alkyl halides is 1. The molecular formula is C13H13ClN2. The number of aromatic amines is 1. The fourth-order valence-corrected chi connectivity index (χ4v) is 2.04. The summed E-state index contributed by atoms with van der Waals surface area (Å²) in [5, 5.41) is 1.17. The molecule has 0 aliphatic heterocycles. The number of unbranched alkanes of at least 4 members (excludes halogenated alkanes) is 1. The molecule has 0 spiro atoms. The predicted octanol–water partition coefficient (Wildman–Crippen LogP) is 4.28. The normalized spacial score (nSPS) is 10.5. The molecule has 82 valence electrons. The van der Waals surface area contributed by atoms with Crippen molar-refractivity contribution in [3.05, 3.63) is 41.4 Å². The highest BCUT2D eigenvalue weighted by Gasteiger charge is 2.04. The molecule has 0 bridgehead atoms. The van der Waals surface area contributed by atoms with Gasteiger partial charge in [-0.05, 0) is 42.3 Å². The second-order valence-electron chi connectivity index (χ2n) is 3.80. The van der Waals surface area contributed by atoms with E-state index in [1.165, 1.54) is 10.9 Å². The first-order valence-electron chi connectivity index (χ1n) is 5.38. The van der Waals surface area contributed by atoms with Crippen LogP contribution in [-0.4, -0.2) is 10.9 Å². The third-order valence-corrected chi connectivity index (χ3v) is 2.98. The fraction of sp³-hybridized carbons (Fsp3) is 0.308. The third-order valence-electron chi connectivity index (χ3n) is 2.71. The Balaban J connectivity index is 2.28. The molecule has 1 heterocycles. The number of benzene rings is 1. The van der Waals surface area contributed by atoms with Gasteiger partial charge in [-0.15, -0.1) is 11.6 Å². The third kappa shape index (κ3) is 2.20. The van der Waals surface area contributed by atoms with Crippen molar-refractivity contribution in [2.24, 2.45) is 0 Å². The van der Waals surface area contributed by atoms with E-state index >= 15 is 0 Å². The summed E-state index contributed by atoms with van der Waals surface area (Å²) in [6.07, 6.45) is 5.19. The van der Waals surface area contributed by atoms with Crippen molar-refractivity contribution in [1.82, 2.24) is 4.98 Å². The molecule has 0 amide bonds. The van der Waals surface area contributed by atoms with Crippen LogP contribution in [0.2, 0.25) is 0 Å². The molecule has 2 aromatic rings. The first kappa shape index (κ1) is 11.0. The molecule has 0 aliphatic carbocycles. The number of fused-ring (bicyclic) bond motifs is 1. The van der Waals surface area contributed by atoms with Crippen LogP contribution in [0.15, 0.2) is 24.4 Å². The summed E-state index contributed by atoms with van der Waals surface area (Å²) in [5.74, 6) is 0.718. The molecule has 16 heavy (non-hydrogen) atoms. The lowest BCUT2D eigenvalue weighted by Crippen LogP contribution is -1.84. The Morgan fingerprint density at radius 1 is 1.31 bits per heavy atom. The minimum atomic E-state index is 0.700. The van der Waals surface area contributed by atoms with Gasteiger partial charge < -0.3 is 4.98 Å². The first-order valence-corrected chi connectivity index (χ1v) is 5.92. The van der Waals surface area contributed by atoms with Crippen LogP contribution in [-0.2, 0) is 6.42 Å². The lowest BCUT2D eigenvalue weighted by atomic mass is 10.1. The van der Waals surface area contributed by atoms with Crippen molar-refractivity contribution in [2.45, 2.75) is 19.3 Å². The zero-order chi connectivity index (χ0) is 11.4. The number of halogens is 1. The summed E-state index contributed by atoms with van der Waals surface area (Å²) in [7, 11) is 0. The number of H-pyrrole nitrogens is 1. The summed E-state index contributed by atoms with van der Waals surface area (Å²) in [5.41, 5.74) is 3.09. The van der Waals surface area contributed by atoms with E-state index in [1.54, 1.807) is 0 Å². The number of aryl methyl sites for hydroxylation is 1. The van der Waals surface area contributed by atoms with Gasteiger partial charge in [0.05, 0.1) is 6.57 Å². The molecular weight excluding hydrogens is 220 g/mol. The van der Waals surface area contributed by atoms with E-state index in [1.807, 2.05) is 24.4 Å². The van der Waals surface area contributed by atoms with Crippen LogP contribution in [0, 0.1) is 6.57 Å². The topological polar surface area (TPSA) is 20.1 Å². The van der Waals surface area contributed by atoms with E-state index in [2.05, 4.69) is 9.83 Å². The molecule has 1 aromatic carbocycles. The Morgan fingerprint density at radius 2 is 2.19 bits per heavy atom. The lowest BCUT2D eigenvalue weighted by molar-refractivity contribution is 0.803. The molecule has 0 unspecified atom stereocenters. The number of hydrogen-bond donors (Lipinski definition) is 1. The van der Waals surface area contributed by atoms with Crippen molar-refractivity contribution in [3.8, 4) is 0 Å². The van der Waals surface area contributed by atoms with Crippen LogP contribution in [0.3, 0.4) is 0 Å². The Kier molecular flexibility index (Phi) is 3.48. The monoisotopic (exact) mass is 232 g/mol. The second-order valence-corrected chi connectivity index (χ2v) is 4.18. The van der Waals surface area contributed by atoms with Crippen molar-refractivity contribution < 1.29 is 0 Å². The molecule has 1 N–H and O–H groups in total. The van der Waals surface area contributed by atoms with Crippen molar-refractivity contribution in [2.75, 3.05) is 5.88 Å². The van der Waals surface area contributed by atoms with E-state index < -0.39 is 0 Å². The highest BCUT2D eigenvalue weighted by Crippen LogP contribution is 2.25. The molecule has 2 rings (SSSR count). The minimum Gasteiger partial charge on any atom is -0.361 e. The van der Waals surface area contributed by atoms with Gasteiger partial charge in [0.2, 0.25) is 0 Å². The lowest BCUT2D eigenvalue weighted by Gasteiger charge is -1.98. The first-order chi connectivity index (χ1) is 7.85. The van der Waals surface area contributed by atoms with Crippen LogP contribution in [0.1, 0.15) is 18.4 Å². The van der Waals surface area contributed by atoms with Gasteiger partial charge in [0.15, 0.2) is 5.69 Å². The van der Waals surface area contributed by atoms with E-state index in [0.29, 0.717) is 5.69 Å². The highest BCUT2D eigenvalue weighted by atomic mass is 35.5. The molecule has 0 saturated carbocycles. The zero-order valence-electron chi connectivity index (χ0n) is 8.96. The van der Waals surface area contributed by atoms with Crippen LogP contribution < -0.4 is 0 Å². The van der Waals surface area contributed by atoms with Crippen LogP contribution in [0.5, 0.6) is 0 Å². The molecule has 1 aromatic heterocycles. The van der Waals surface area contributed by atoms with E-state index in [9.17, 15) is 0 Å². The average Bonchev–Trinajstić information content (AvgIpc) is 2.72. The van der Waals surface area contributed by atoms with E-state index in [-0.39, 0.29) is 0 Å². The Morgan fingerprint density at radius 3 is 2.94 bits per heavy atom. The number of nitrogens with zero attached hydrogens (tertiary/aromatic N) is 1. The highest BCUT2D eigenvalue weighted by molar-refractivity contribution is 6.17. The van der Waals surface area contributed by atoms with Gasteiger partial charge in [0, 0.05) is 17.6 Å². The summed E-state index contributed by atoms with van der Waals surface area (Å²) in [6.45, 7) is 7.01. The van der Waals surface area contributed by atoms with Crippen LogP contribution in [0.25, 0.3) is 15.7 Å². The van der Waals surface area contributed by atoms with Gasteiger partial charge >= 0.3 is 0 Å². The maximum absolute atomic E-state index is 7.01. The maximum atomic E-state index is 7.01. The predicted molar refractivity (Wildman–Crippen MR) is 68.2 cm³/mol. The smallest absolute Gasteiger partial charge is 0.187 e. The maximum Gasteiger partial charge on any atom is 0.187 e. The van der Waals surface area contributed by atoms with Crippen LogP contribution in [0.4, 0.5) is 5.69 Å². The summed E-state index contributed by atoms with van der Waals surface area (Å²) >= 11 is 5.66. The SMILES string of the molecule is [C-]#[N+]c1ccc2[nH]cc(CCCCCl)c2c1. The quantitative estimate of drug-likeness (QED) is 0.461. The molecule has 0 radical (unpaired) electrons. The molecule has 0 fully saturated rings. The molecule has 0 aliphatic rings. The summed E-state index contributed by atoms with van der Waals surface area (Å²) in [6, 6.07) is 5.76. The summed E-state index contributed by atoms with van der Waals surface area (Å²) in [4.78, 5) is 6.68. The van der Waals surface area contributed by atoms with Gasteiger partial charge in [0.25, 0.3) is 0 Å². The van der Waals surface area contributed by atoms with Crippen LogP contribution >= 0.6 is 11.6 Å². The standard InChI is InChI=1S/C13H13ClN2/c1-15-11-5-6-13-12(8-11)10(9-16-13)4-2-3-7-14/h5-6,8-9,16H,2-4,7H2. The van der Waals surface area contributed by atoms with Gasteiger partial charge in [0.1, 0.15) is 0 Å². The van der Waals surface area contributed by atoms with Gasteiger partial charge in [-0.1, -0.05) is 6.07 Å². The number of hydrogen-bond acceptors (Lipinski definition) is 0. The van der Waals surface area contributed by atoms with Gasteiger partial charge in [-0.3, -0.25) is 0 Å². The molecule has 0 saturated heterocycles. The van der Waals surface area contributed by atoms with Gasteiger partial charge in [-0.2, -0.15) is 0 Å². The van der Waals surface area contributed by atoms with Crippen molar-refractivity contribution in [1.29, 1.82) is 0 Å². The molecule has 2 nitrogen and oxygen atoms in total. The molecule has 0 atom stereocenters. The number of aromatic nitrogens is 1. The molecule has 3 heteroatoms. The van der Waals surface area contributed by atoms with E-state index in [0.717, 1.165) is 30.7 Å². The zero-order valence-corrected chi connectivity index (χ0v) is 9.72. The minimum absolute atomic E-state index is 0.700.